The van der Waals surface area contributed by atoms with Gasteiger partial charge in [0, 0.05) is 12.7 Å². The summed E-state index contributed by atoms with van der Waals surface area (Å²) in [5.74, 6) is 0.748. The van der Waals surface area contributed by atoms with Crippen LogP contribution in [0.2, 0.25) is 0 Å². The Labute approximate surface area is 155 Å². The van der Waals surface area contributed by atoms with Crippen LogP contribution in [0.3, 0.4) is 0 Å². The van der Waals surface area contributed by atoms with Crippen LogP contribution in [-0.2, 0) is 14.0 Å². The van der Waals surface area contributed by atoms with Gasteiger partial charge in [0.15, 0.2) is 0 Å². The number of hydrogen-bond donors (Lipinski definition) is 1. The van der Waals surface area contributed by atoms with E-state index in [1.807, 2.05) is 48.5 Å². The Morgan fingerprint density at radius 1 is 1.31 bits per heavy atom. The number of nitrogens with one attached hydrogen (secondary N) is 1. The molecular formula is C18H30BN3O4. The summed E-state index contributed by atoms with van der Waals surface area (Å²) in [6, 6.07) is -0.110. The molecule has 1 aromatic heterocycles. The number of aromatic amines is 1. The van der Waals surface area contributed by atoms with Gasteiger partial charge in [-0.25, -0.2) is 9.78 Å². The second-order valence-corrected chi connectivity index (χ2v) is 9.14. The van der Waals surface area contributed by atoms with E-state index in [4.69, 9.17) is 14.0 Å². The highest BCUT2D eigenvalue weighted by Gasteiger charge is 2.52. The fraction of sp³-hybridized carbons (Fsp3) is 0.778. The Morgan fingerprint density at radius 2 is 1.92 bits per heavy atom. The predicted molar refractivity (Wildman–Crippen MR) is 99.2 cm³/mol. The van der Waals surface area contributed by atoms with E-state index >= 15 is 0 Å². The summed E-state index contributed by atoms with van der Waals surface area (Å²) >= 11 is 0. The van der Waals surface area contributed by atoms with E-state index in [0.717, 1.165) is 24.3 Å². The highest BCUT2D eigenvalue weighted by Crippen LogP contribution is 2.37. The largest absolute Gasteiger partial charge is 0.513 e. The Morgan fingerprint density at radius 3 is 2.50 bits per heavy atom. The Bertz CT molecular complexity index is 664. The van der Waals surface area contributed by atoms with Crippen LogP contribution in [0.5, 0.6) is 0 Å². The first kappa shape index (κ1) is 19.2. The maximum Gasteiger partial charge on any atom is 0.513 e. The predicted octanol–water partition coefficient (Wildman–Crippen LogP) is 2.78. The number of carbonyl (C=O) groups excluding carboxylic acids is 1. The van der Waals surface area contributed by atoms with Crippen molar-refractivity contribution in [3.63, 3.8) is 0 Å². The minimum Gasteiger partial charge on any atom is -0.444 e. The lowest BCUT2D eigenvalue weighted by atomic mass is 9.86. The van der Waals surface area contributed by atoms with Gasteiger partial charge < -0.3 is 19.0 Å². The monoisotopic (exact) mass is 363 g/mol. The molecule has 26 heavy (non-hydrogen) atoms. The van der Waals surface area contributed by atoms with E-state index in [1.165, 1.54) is 0 Å². The van der Waals surface area contributed by atoms with Crippen LogP contribution < -0.4 is 5.59 Å². The van der Waals surface area contributed by atoms with Crippen molar-refractivity contribution in [2.24, 2.45) is 0 Å². The first-order valence-corrected chi connectivity index (χ1v) is 9.30. The lowest BCUT2D eigenvalue weighted by molar-refractivity contribution is 0.00578. The maximum atomic E-state index is 12.5. The van der Waals surface area contributed by atoms with Gasteiger partial charge in [-0.05, 0) is 61.3 Å². The molecule has 0 aromatic carbocycles. The lowest BCUT2D eigenvalue weighted by Crippen LogP contribution is -2.41. The normalized spacial score (nSPS) is 25.0. The van der Waals surface area contributed by atoms with Crippen LogP contribution in [0.25, 0.3) is 0 Å². The van der Waals surface area contributed by atoms with Gasteiger partial charge in [-0.2, -0.15) is 0 Å². The SMILES string of the molecule is CC(C)(C)OC(=O)N1CCCC1c1ncc(B2OC(C)(C)C(C)(C)O2)[nH]1. The lowest BCUT2D eigenvalue weighted by Gasteiger charge is -2.32. The molecule has 1 amide bonds. The van der Waals surface area contributed by atoms with Crippen molar-refractivity contribution in [3.05, 3.63) is 12.0 Å². The highest BCUT2D eigenvalue weighted by atomic mass is 16.7. The molecule has 1 unspecified atom stereocenters. The summed E-state index contributed by atoms with van der Waals surface area (Å²) in [6.45, 7) is 14.4. The molecule has 3 heterocycles. The average molecular weight is 363 g/mol. The molecule has 7 nitrogen and oxygen atoms in total. The van der Waals surface area contributed by atoms with Gasteiger partial charge in [-0.15, -0.1) is 0 Å². The van der Waals surface area contributed by atoms with Crippen LogP contribution >= 0.6 is 0 Å². The molecule has 8 heteroatoms. The third-order valence-electron chi connectivity index (χ3n) is 5.32. The van der Waals surface area contributed by atoms with E-state index in [0.29, 0.717) is 6.54 Å². The van der Waals surface area contributed by atoms with Gasteiger partial charge in [-0.3, -0.25) is 4.90 Å². The molecule has 2 saturated heterocycles. The number of ether oxygens (including phenoxy) is 1. The van der Waals surface area contributed by atoms with Crippen molar-refractivity contribution in [2.75, 3.05) is 6.54 Å². The van der Waals surface area contributed by atoms with Crippen molar-refractivity contribution >= 4 is 18.8 Å². The van der Waals surface area contributed by atoms with E-state index in [9.17, 15) is 4.79 Å². The molecule has 0 spiro atoms. The molecule has 0 aliphatic carbocycles. The number of likely N-dealkylation sites (tertiary alicyclic amines) is 1. The van der Waals surface area contributed by atoms with Crippen LogP contribution in [0, 0.1) is 0 Å². The van der Waals surface area contributed by atoms with Gasteiger partial charge in [0.1, 0.15) is 11.4 Å². The van der Waals surface area contributed by atoms with E-state index in [1.54, 1.807) is 11.1 Å². The second-order valence-electron chi connectivity index (χ2n) is 9.14. The number of rotatable bonds is 2. The van der Waals surface area contributed by atoms with Gasteiger partial charge >= 0.3 is 13.2 Å². The third kappa shape index (κ3) is 3.62. The summed E-state index contributed by atoms with van der Waals surface area (Å²) in [5, 5.41) is 0. The number of hydrogen-bond acceptors (Lipinski definition) is 5. The number of nitrogens with zero attached hydrogens (tertiary/aromatic N) is 2. The minimum absolute atomic E-state index is 0.110. The van der Waals surface area contributed by atoms with E-state index in [2.05, 4.69) is 9.97 Å². The molecule has 0 bridgehead atoms. The molecule has 2 aliphatic heterocycles. The molecule has 0 saturated carbocycles. The standard InChI is InChI=1S/C18H30BN3O4/c1-16(2,3)24-15(23)22-10-8-9-12(22)14-20-11-13(21-14)19-25-17(4,5)18(6,7)26-19/h11-12H,8-10H2,1-7H3,(H,20,21). The van der Waals surface area contributed by atoms with Crippen molar-refractivity contribution < 1.29 is 18.8 Å². The summed E-state index contributed by atoms with van der Waals surface area (Å²) in [5.41, 5.74) is -0.548. The molecule has 3 rings (SSSR count). The molecule has 1 atom stereocenters. The number of amides is 1. The maximum absolute atomic E-state index is 12.5. The summed E-state index contributed by atoms with van der Waals surface area (Å²) < 4.78 is 17.7. The minimum atomic E-state index is -0.513. The second kappa shape index (κ2) is 6.27. The first-order chi connectivity index (χ1) is 11.9. The number of H-pyrrole nitrogens is 1. The van der Waals surface area contributed by atoms with Crippen molar-refractivity contribution in [1.29, 1.82) is 0 Å². The smallest absolute Gasteiger partial charge is 0.444 e. The Kier molecular flexibility index (Phi) is 4.64. The summed E-state index contributed by atoms with van der Waals surface area (Å²) in [4.78, 5) is 22.1. The zero-order valence-corrected chi connectivity index (χ0v) is 16.9. The summed E-state index contributed by atoms with van der Waals surface area (Å²) in [7, 11) is -0.488. The van der Waals surface area contributed by atoms with Gasteiger partial charge in [0.05, 0.1) is 22.8 Å². The fourth-order valence-electron chi connectivity index (χ4n) is 3.20. The number of carbonyl (C=O) groups is 1. The van der Waals surface area contributed by atoms with Crippen molar-refractivity contribution in [3.8, 4) is 0 Å². The van der Waals surface area contributed by atoms with Crippen LogP contribution in [0.1, 0.15) is 73.2 Å². The van der Waals surface area contributed by atoms with E-state index in [-0.39, 0.29) is 12.1 Å². The summed E-state index contributed by atoms with van der Waals surface area (Å²) in [6.07, 6.45) is 3.23. The zero-order chi connectivity index (χ0) is 19.3. The molecule has 0 radical (unpaired) electrons. The van der Waals surface area contributed by atoms with E-state index < -0.39 is 23.9 Å². The molecule has 2 fully saturated rings. The fourth-order valence-corrected chi connectivity index (χ4v) is 3.20. The number of imidazole rings is 1. The molecule has 1 aromatic rings. The quantitative estimate of drug-likeness (QED) is 0.818. The van der Waals surface area contributed by atoms with Gasteiger partial charge in [-0.1, -0.05) is 0 Å². The topological polar surface area (TPSA) is 76.7 Å². The third-order valence-corrected chi connectivity index (χ3v) is 5.32. The molecule has 144 valence electrons. The van der Waals surface area contributed by atoms with Gasteiger partial charge in [0.25, 0.3) is 0 Å². The first-order valence-electron chi connectivity index (χ1n) is 9.30. The van der Waals surface area contributed by atoms with Crippen molar-refractivity contribution in [1.82, 2.24) is 14.9 Å². The van der Waals surface area contributed by atoms with Crippen LogP contribution in [-0.4, -0.2) is 51.4 Å². The Balaban J connectivity index is 1.74. The average Bonchev–Trinajstić information content (AvgIpc) is 3.16. The molecular weight excluding hydrogens is 333 g/mol. The van der Waals surface area contributed by atoms with Crippen LogP contribution in [0.15, 0.2) is 6.20 Å². The van der Waals surface area contributed by atoms with Crippen LogP contribution in [0.4, 0.5) is 4.79 Å². The van der Waals surface area contributed by atoms with Crippen molar-refractivity contribution in [2.45, 2.75) is 84.2 Å². The molecule has 2 aliphatic rings. The number of aromatic nitrogens is 2. The molecule has 1 N–H and O–H groups in total. The zero-order valence-electron chi connectivity index (χ0n) is 16.9. The highest BCUT2D eigenvalue weighted by molar-refractivity contribution is 6.61. The van der Waals surface area contributed by atoms with Gasteiger partial charge in [0.2, 0.25) is 0 Å². The Hall–Kier alpha value is -1.54.